The van der Waals surface area contributed by atoms with Gasteiger partial charge >= 0.3 is 5.97 Å². The Kier molecular flexibility index (Phi) is 13.5. The van der Waals surface area contributed by atoms with Gasteiger partial charge in [-0.2, -0.15) is 0 Å². The quantitative estimate of drug-likeness (QED) is 0.0636. The zero-order valence-corrected chi connectivity index (χ0v) is 20.9. The number of unbranched alkanes of at least 4 members (excludes halogenated alkanes) is 11. The fourth-order valence-corrected chi connectivity index (χ4v) is 3.81. The molecule has 2 rings (SSSR count). The third-order valence-corrected chi connectivity index (χ3v) is 5.99. The smallest absolute Gasteiger partial charge is 0.343 e. The van der Waals surface area contributed by atoms with Gasteiger partial charge in [0.15, 0.2) is 0 Å². The van der Waals surface area contributed by atoms with E-state index in [1.54, 1.807) is 55.5 Å². The first-order valence-corrected chi connectivity index (χ1v) is 12.9. The highest BCUT2D eigenvalue weighted by Crippen LogP contribution is 2.18. The van der Waals surface area contributed by atoms with Crippen LogP contribution in [0, 0.1) is 0 Å². The minimum atomic E-state index is -0.423. The molecule has 0 unspecified atom stereocenters. The first-order valence-electron chi connectivity index (χ1n) is 12.9. The third kappa shape index (κ3) is 10.9. The van der Waals surface area contributed by atoms with Crippen LogP contribution < -0.4 is 9.47 Å². The summed E-state index contributed by atoms with van der Waals surface area (Å²) in [7, 11) is 0. The van der Waals surface area contributed by atoms with Crippen molar-refractivity contribution in [1.29, 1.82) is 0 Å². The van der Waals surface area contributed by atoms with Crippen molar-refractivity contribution in [2.24, 2.45) is 5.16 Å². The summed E-state index contributed by atoms with van der Waals surface area (Å²) in [4.78, 5) is 12.4. The van der Waals surface area contributed by atoms with Gasteiger partial charge in [-0.25, -0.2) is 4.79 Å². The minimum absolute atomic E-state index is 0.423. The van der Waals surface area contributed by atoms with Crippen LogP contribution in [0.15, 0.2) is 53.7 Å². The summed E-state index contributed by atoms with van der Waals surface area (Å²) >= 11 is 0. The van der Waals surface area contributed by atoms with Crippen LogP contribution in [0.5, 0.6) is 11.5 Å². The molecule has 0 atom stereocenters. The maximum absolute atomic E-state index is 12.4. The standard InChI is InChI=1S/C29H41NO4/c1-3-4-5-6-7-8-9-10-11-12-13-14-23-33-27-19-17-26(18-20-27)29(31)34-28-21-15-25(16-22-28)24(2)30-32/h15-22,32H,3-14,23H2,1-2H3/b30-24+. The molecule has 0 spiro atoms. The van der Waals surface area contributed by atoms with E-state index in [1.165, 1.54) is 70.6 Å². The van der Waals surface area contributed by atoms with Crippen molar-refractivity contribution in [3.05, 3.63) is 59.7 Å². The molecular weight excluding hydrogens is 426 g/mol. The molecule has 0 bridgehead atoms. The van der Waals surface area contributed by atoms with Crippen LogP contribution in [0.4, 0.5) is 0 Å². The molecule has 0 aliphatic rings. The van der Waals surface area contributed by atoms with Crippen LogP contribution in [-0.2, 0) is 0 Å². The molecule has 0 aromatic heterocycles. The lowest BCUT2D eigenvalue weighted by Crippen LogP contribution is -2.08. The van der Waals surface area contributed by atoms with E-state index in [-0.39, 0.29) is 0 Å². The average Bonchev–Trinajstić information content (AvgIpc) is 2.87. The number of hydrogen-bond donors (Lipinski definition) is 1. The van der Waals surface area contributed by atoms with Crippen LogP contribution in [0.25, 0.3) is 0 Å². The Hall–Kier alpha value is -2.82. The Morgan fingerprint density at radius 2 is 1.18 bits per heavy atom. The minimum Gasteiger partial charge on any atom is -0.494 e. The van der Waals surface area contributed by atoms with E-state index < -0.39 is 5.97 Å². The molecule has 0 saturated carbocycles. The van der Waals surface area contributed by atoms with Crippen molar-refractivity contribution in [3.8, 4) is 11.5 Å². The van der Waals surface area contributed by atoms with E-state index in [1.807, 2.05) is 0 Å². The lowest BCUT2D eigenvalue weighted by atomic mass is 10.1. The Labute approximate surface area is 205 Å². The highest BCUT2D eigenvalue weighted by molar-refractivity contribution is 5.98. The van der Waals surface area contributed by atoms with Crippen LogP contribution in [0.3, 0.4) is 0 Å². The molecule has 2 aromatic carbocycles. The number of nitrogens with zero attached hydrogens (tertiary/aromatic N) is 1. The predicted octanol–water partition coefficient (Wildman–Crippen LogP) is 8.18. The first kappa shape index (κ1) is 27.4. The van der Waals surface area contributed by atoms with Gasteiger partial charge in [-0.1, -0.05) is 82.7 Å². The summed E-state index contributed by atoms with van der Waals surface area (Å²) in [5.41, 5.74) is 1.73. The van der Waals surface area contributed by atoms with Crippen molar-refractivity contribution >= 4 is 11.7 Å². The molecule has 0 aliphatic carbocycles. The van der Waals surface area contributed by atoms with Crippen LogP contribution in [0.1, 0.15) is 107 Å². The second-order valence-electron chi connectivity index (χ2n) is 8.86. The van der Waals surface area contributed by atoms with Gasteiger partial charge in [0.2, 0.25) is 0 Å². The number of esters is 1. The fraction of sp³-hybridized carbons (Fsp3) is 0.517. The van der Waals surface area contributed by atoms with Gasteiger partial charge in [0.1, 0.15) is 11.5 Å². The van der Waals surface area contributed by atoms with Gasteiger partial charge in [-0.05, 0) is 67.4 Å². The summed E-state index contributed by atoms with van der Waals surface area (Å²) in [6.45, 7) is 4.66. The predicted molar refractivity (Wildman–Crippen MR) is 138 cm³/mol. The topological polar surface area (TPSA) is 68.1 Å². The molecule has 0 heterocycles. The van der Waals surface area contributed by atoms with Crippen molar-refractivity contribution in [3.63, 3.8) is 0 Å². The van der Waals surface area contributed by atoms with Crippen LogP contribution >= 0.6 is 0 Å². The Morgan fingerprint density at radius 1 is 0.706 bits per heavy atom. The SMILES string of the molecule is CCCCCCCCCCCCCCOc1ccc(C(=O)Oc2ccc(/C(C)=N/O)cc2)cc1. The van der Waals surface area contributed by atoms with Crippen molar-refractivity contribution in [1.82, 2.24) is 0 Å². The summed E-state index contributed by atoms with van der Waals surface area (Å²) in [6, 6.07) is 13.9. The highest BCUT2D eigenvalue weighted by atomic mass is 16.5. The Bertz CT molecular complexity index is 843. The number of carbonyl (C=O) groups is 1. The van der Waals surface area contributed by atoms with Gasteiger partial charge in [0.05, 0.1) is 17.9 Å². The third-order valence-electron chi connectivity index (χ3n) is 5.99. The number of carbonyl (C=O) groups excluding carboxylic acids is 1. The van der Waals surface area contributed by atoms with Gasteiger partial charge in [-0.15, -0.1) is 0 Å². The highest BCUT2D eigenvalue weighted by Gasteiger charge is 2.09. The maximum Gasteiger partial charge on any atom is 0.343 e. The molecule has 0 radical (unpaired) electrons. The number of benzene rings is 2. The van der Waals surface area contributed by atoms with Crippen molar-refractivity contribution in [2.45, 2.75) is 90.9 Å². The zero-order chi connectivity index (χ0) is 24.4. The Morgan fingerprint density at radius 3 is 1.71 bits per heavy atom. The number of rotatable bonds is 17. The average molecular weight is 468 g/mol. The van der Waals surface area contributed by atoms with Gasteiger partial charge < -0.3 is 14.7 Å². The molecule has 5 heteroatoms. The van der Waals surface area contributed by atoms with E-state index in [2.05, 4.69) is 12.1 Å². The second kappa shape index (κ2) is 16.7. The van der Waals surface area contributed by atoms with Crippen molar-refractivity contribution in [2.75, 3.05) is 6.61 Å². The van der Waals surface area contributed by atoms with Crippen LogP contribution in [0.2, 0.25) is 0 Å². The summed E-state index contributed by atoms with van der Waals surface area (Å²) < 4.78 is 11.2. The van der Waals surface area contributed by atoms with E-state index in [0.717, 1.165) is 17.7 Å². The number of hydrogen-bond acceptors (Lipinski definition) is 5. The zero-order valence-electron chi connectivity index (χ0n) is 20.9. The number of ether oxygens (including phenoxy) is 2. The molecule has 0 amide bonds. The molecule has 34 heavy (non-hydrogen) atoms. The molecule has 0 saturated heterocycles. The lowest BCUT2D eigenvalue weighted by Gasteiger charge is -2.08. The Balaban J connectivity index is 1.56. The lowest BCUT2D eigenvalue weighted by molar-refractivity contribution is 0.0734. The number of oxime groups is 1. The molecule has 1 N–H and O–H groups in total. The maximum atomic E-state index is 12.4. The second-order valence-corrected chi connectivity index (χ2v) is 8.86. The van der Waals surface area contributed by atoms with Crippen LogP contribution in [-0.4, -0.2) is 23.5 Å². The molecule has 0 fully saturated rings. The normalized spacial score (nSPS) is 11.4. The summed E-state index contributed by atoms with van der Waals surface area (Å²) in [5.74, 6) is 0.780. The molecule has 5 nitrogen and oxygen atoms in total. The molecule has 186 valence electrons. The van der Waals surface area contributed by atoms with E-state index in [4.69, 9.17) is 14.7 Å². The van der Waals surface area contributed by atoms with Gasteiger partial charge in [0, 0.05) is 0 Å². The molecular formula is C29H41NO4. The van der Waals surface area contributed by atoms with Crippen molar-refractivity contribution < 1.29 is 19.5 Å². The fourth-order valence-electron chi connectivity index (χ4n) is 3.81. The molecule has 0 aliphatic heterocycles. The van der Waals surface area contributed by atoms with Gasteiger partial charge in [0.25, 0.3) is 0 Å². The first-order chi connectivity index (χ1) is 16.6. The summed E-state index contributed by atoms with van der Waals surface area (Å²) in [6.07, 6.45) is 15.9. The van der Waals surface area contributed by atoms with E-state index in [9.17, 15) is 4.79 Å². The largest absolute Gasteiger partial charge is 0.494 e. The van der Waals surface area contributed by atoms with E-state index >= 15 is 0 Å². The summed E-state index contributed by atoms with van der Waals surface area (Å²) in [5, 5.41) is 12.0. The van der Waals surface area contributed by atoms with Gasteiger partial charge in [-0.3, -0.25) is 0 Å². The van der Waals surface area contributed by atoms with E-state index in [0.29, 0.717) is 23.6 Å². The molecule has 2 aromatic rings. The monoisotopic (exact) mass is 467 g/mol.